The molecule has 2 aromatic carbocycles. The highest BCUT2D eigenvalue weighted by Crippen LogP contribution is 2.42. The molecule has 1 unspecified atom stereocenters. The molecular formula is C27H25ClN2O4. The summed E-state index contributed by atoms with van der Waals surface area (Å²) in [5.74, 6) is -0.749. The molecule has 1 saturated heterocycles. The van der Waals surface area contributed by atoms with Crippen LogP contribution in [0.4, 0.5) is 5.69 Å². The fraction of sp³-hybridized carbons (Fsp3) is 0.222. The van der Waals surface area contributed by atoms with E-state index < -0.39 is 17.7 Å². The lowest BCUT2D eigenvalue weighted by molar-refractivity contribution is -0.132. The molecule has 7 heteroatoms. The summed E-state index contributed by atoms with van der Waals surface area (Å²) >= 11 is 6.32. The van der Waals surface area contributed by atoms with Crippen molar-refractivity contribution in [1.29, 1.82) is 0 Å². The van der Waals surface area contributed by atoms with Crippen molar-refractivity contribution < 1.29 is 19.4 Å². The van der Waals surface area contributed by atoms with Crippen LogP contribution in [0, 0.1) is 12.8 Å². The average molecular weight is 477 g/mol. The molecule has 0 spiro atoms. The highest BCUT2D eigenvalue weighted by Gasteiger charge is 2.47. The maximum absolute atomic E-state index is 13.2. The van der Waals surface area contributed by atoms with E-state index in [2.05, 4.69) is 18.8 Å². The average Bonchev–Trinajstić information content (AvgIpc) is 3.10. The standard InChI is InChI=1S/C27H25ClN2O4/c1-16(2)15-34-21-10-7-18(8-11-21)25(31)23-24(19-5-4-12-29-14-19)30(27(33)26(23)32)20-9-6-17(3)22(28)13-20/h4-14,16,24,31H,15H2,1-3H3/b25-23+. The van der Waals surface area contributed by atoms with Crippen molar-refractivity contribution in [3.63, 3.8) is 0 Å². The summed E-state index contributed by atoms with van der Waals surface area (Å²) in [5.41, 5.74) is 2.30. The number of rotatable bonds is 6. The summed E-state index contributed by atoms with van der Waals surface area (Å²) in [6.07, 6.45) is 3.18. The number of ether oxygens (including phenoxy) is 1. The normalized spacial score (nSPS) is 17.4. The van der Waals surface area contributed by atoms with Crippen LogP contribution < -0.4 is 9.64 Å². The van der Waals surface area contributed by atoms with Gasteiger partial charge >= 0.3 is 0 Å². The minimum atomic E-state index is -0.857. The second-order valence-electron chi connectivity index (χ2n) is 8.62. The predicted molar refractivity (Wildman–Crippen MR) is 132 cm³/mol. The van der Waals surface area contributed by atoms with Crippen LogP contribution in [0.2, 0.25) is 5.02 Å². The second-order valence-corrected chi connectivity index (χ2v) is 9.03. The Hall–Kier alpha value is -3.64. The van der Waals surface area contributed by atoms with E-state index in [1.165, 1.54) is 4.90 Å². The van der Waals surface area contributed by atoms with E-state index in [9.17, 15) is 14.7 Å². The quantitative estimate of drug-likeness (QED) is 0.280. The van der Waals surface area contributed by atoms with Crippen LogP contribution >= 0.6 is 11.6 Å². The number of nitrogens with zero attached hydrogens (tertiary/aromatic N) is 2. The number of aliphatic hydroxyl groups excluding tert-OH is 1. The Morgan fingerprint density at radius 1 is 1.15 bits per heavy atom. The largest absolute Gasteiger partial charge is 0.507 e. The van der Waals surface area contributed by atoms with E-state index in [4.69, 9.17) is 16.3 Å². The highest BCUT2D eigenvalue weighted by atomic mass is 35.5. The van der Waals surface area contributed by atoms with E-state index in [-0.39, 0.29) is 11.3 Å². The Morgan fingerprint density at radius 2 is 1.88 bits per heavy atom. The first-order valence-electron chi connectivity index (χ1n) is 11.0. The van der Waals surface area contributed by atoms with Crippen molar-refractivity contribution in [3.05, 3.63) is 94.3 Å². The molecule has 1 atom stereocenters. The lowest BCUT2D eigenvalue weighted by atomic mass is 9.96. The van der Waals surface area contributed by atoms with Gasteiger partial charge in [-0.25, -0.2) is 0 Å². The van der Waals surface area contributed by atoms with Crippen molar-refractivity contribution in [2.75, 3.05) is 11.5 Å². The lowest BCUT2D eigenvalue weighted by Gasteiger charge is -2.25. The first kappa shape index (κ1) is 23.5. The first-order valence-corrected chi connectivity index (χ1v) is 11.4. The van der Waals surface area contributed by atoms with Gasteiger partial charge in [-0.3, -0.25) is 19.5 Å². The predicted octanol–water partition coefficient (Wildman–Crippen LogP) is 5.70. The number of halogens is 1. The molecule has 1 aliphatic rings. The molecule has 1 amide bonds. The van der Waals surface area contributed by atoms with Gasteiger partial charge in [0.05, 0.1) is 18.2 Å². The number of aryl methyl sites for hydroxylation is 1. The number of carbonyl (C=O) groups is 2. The van der Waals surface area contributed by atoms with Crippen LogP contribution in [0.25, 0.3) is 5.76 Å². The van der Waals surface area contributed by atoms with Gasteiger partial charge in [-0.05, 0) is 66.4 Å². The molecule has 4 rings (SSSR count). The van der Waals surface area contributed by atoms with Crippen molar-refractivity contribution in [3.8, 4) is 5.75 Å². The molecule has 2 heterocycles. The molecule has 174 valence electrons. The fourth-order valence-corrected chi connectivity index (χ4v) is 3.99. The number of hydrogen-bond donors (Lipinski definition) is 1. The van der Waals surface area contributed by atoms with Gasteiger partial charge in [-0.15, -0.1) is 0 Å². The van der Waals surface area contributed by atoms with Crippen LogP contribution in [0.15, 0.2) is 72.6 Å². The molecule has 1 fully saturated rings. The number of aromatic nitrogens is 1. The number of carbonyl (C=O) groups excluding carboxylic acids is 2. The molecule has 0 saturated carbocycles. The lowest BCUT2D eigenvalue weighted by Crippen LogP contribution is -2.29. The Labute approximate surface area is 203 Å². The maximum atomic E-state index is 13.2. The Balaban J connectivity index is 1.81. The zero-order chi connectivity index (χ0) is 24.4. The van der Waals surface area contributed by atoms with Gasteiger partial charge in [0.15, 0.2) is 0 Å². The van der Waals surface area contributed by atoms with E-state index >= 15 is 0 Å². The summed E-state index contributed by atoms with van der Waals surface area (Å²) in [6, 6.07) is 14.6. The number of amides is 1. The topological polar surface area (TPSA) is 79.7 Å². The third kappa shape index (κ3) is 4.54. The number of Topliss-reactive ketones (excluding diaryl/α,β-unsaturated/α-hetero) is 1. The SMILES string of the molecule is Cc1ccc(N2C(=O)C(=O)/C(=C(/O)c3ccc(OCC(C)C)cc3)C2c2cccnc2)cc1Cl. The Kier molecular flexibility index (Phi) is 6.70. The maximum Gasteiger partial charge on any atom is 0.300 e. The molecule has 34 heavy (non-hydrogen) atoms. The number of pyridine rings is 1. The fourth-order valence-electron chi connectivity index (χ4n) is 3.81. The van der Waals surface area contributed by atoms with Crippen LogP contribution in [0.1, 0.15) is 36.6 Å². The van der Waals surface area contributed by atoms with Crippen molar-refractivity contribution >= 4 is 34.7 Å². The van der Waals surface area contributed by atoms with Crippen LogP contribution in [-0.2, 0) is 9.59 Å². The minimum Gasteiger partial charge on any atom is -0.507 e. The highest BCUT2D eigenvalue weighted by molar-refractivity contribution is 6.51. The number of aliphatic hydroxyl groups is 1. The Morgan fingerprint density at radius 3 is 2.50 bits per heavy atom. The van der Waals surface area contributed by atoms with Crippen LogP contribution in [-0.4, -0.2) is 28.4 Å². The van der Waals surface area contributed by atoms with Crippen molar-refractivity contribution in [1.82, 2.24) is 4.98 Å². The van der Waals surface area contributed by atoms with Gasteiger partial charge in [0.1, 0.15) is 11.5 Å². The molecule has 1 N–H and O–H groups in total. The Bertz CT molecular complexity index is 1250. The summed E-state index contributed by atoms with van der Waals surface area (Å²) in [6.45, 7) is 6.53. The van der Waals surface area contributed by atoms with E-state index in [1.54, 1.807) is 67.0 Å². The van der Waals surface area contributed by atoms with Gasteiger partial charge in [-0.1, -0.05) is 37.6 Å². The summed E-state index contributed by atoms with van der Waals surface area (Å²) in [5, 5.41) is 11.7. The third-order valence-corrected chi connectivity index (χ3v) is 6.00. The van der Waals surface area contributed by atoms with Crippen LogP contribution in [0.3, 0.4) is 0 Å². The molecule has 0 radical (unpaired) electrons. The van der Waals surface area contributed by atoms with E-state index in [0.717, 1.165) is 5.56 Å². The smallest absolute Gasteiger partial charge is 0.300 e. The number of anilines is 1. The van der Waals surface area contributed by atoms with Crippen LogP contribution in [0.5, 0.6) is 5.75 Å². The van der Waals surface area contributed by atoms with E-state index in [0.29, 0.717) is 40.1 Å². The third-order valence-electron chi connectivity index (χ3n) is 5.59. The number of benzene rings is 2. The van der Waals surface area contributed by atoms with E-state index in [1.807, 2.05) is 6.92 Å². The van der Waals surface area contributed by atoms with Gasteiger partial charge < -0.3 is 9.84 Å². The summed E-state index contributed by atoms with van der Waals surface area (Å²) in [7, 11) is 0. The van der Waals surface area contributed by atoms with Gasteiger partial charge in [0.2, 0.25) is 0 Å². The number of ketones is 1. The number of hydrogen-bond acceptors (Lipinski definition) is 5. The zero-order valence-corrected chi connectivity index (χ0v) is 19.9. The molecule has 0 bridgehead atoms. The zero-order valence-electron chi connectivity index (χ0n) is 19.2. The minimum absolute atomic E-state index is 0.00875. The molecule has 0 aliphatic carbocycles. The molecule has 6 nitrogen and oxygen atoms in total. The molecule has 3 aromatic rings. The first-order chi connectivity index (χ1) is 16.3. The van der Waals surface area contributed by atoms with Gasteiger partial charge in [0.25, 0.3) is 11.7 Å². The monoisotopic (exact) mass is 476 g/mol. The summed E-state index contributed by atoms with van der Waals surface area (Å²) < 4.78 is 5.70. The molecule has 1 aromatic heterocycles. The second kappa shape index (κ2) is 9.69. The molecule has 1 aliphatic heterocycles. The van der Waals surface area contributed by atoms with Gasteiger partial charge in [-0.2, -0.15) is 0 Å². The van der Waals surface area contributed by atoms with Gasteiger partial charge in [0, 0.05) is 28.7 Å². The van der Waals surface area contributed by atoms with Crippen molar-refractivity contribution in [2.45, 2.75) is 26.8 Å². The molecular weight excluding hydrogens is 452 g/mol. The summed E-state index contributed by atoms with van der Waals surface area (Å²) in [4.78, 5) is 31.9. The van der Waals surface area contributed by atoms with Crippen molar-refractivity contribution in [2.24, 2.45) is 5.92 Å².